The van der Waals surface area contributed by atoms with Gasteiger partial charge in [0.1, 0.15) is 17.5 Å². The molecule has 0 radical (unpaired) electrons. The third-order valence-corrected chi connectivity index (χ3v) is 3.67. The minimum Gasteiger partial charge on any atom is -0.487 e. The Hall–Kier alpha value is -1.06. The normalized spacial score (nSPS) is 26.1. The number of nitrogens with two attached hydrogens (primary N) is 1. The SMILES string of the molecule is C[C@@H](N)c1ccccc1OC1CC(C)(C)OC1(C)C. The van der Waals surface area contributed by atoms with E-state index in [2.05, 4.69) is 27.7 Å². The van der Waals surface area contributed by atoms with Crippen molar-refractivity contribution in [1.29, 1.82) is 0 Å². The van der Waals surface area contributed by atoms with Crippen LogP contribution in [0.3, 0.4) is 0 Å². The zero-order valence-electron chi connectivity index (χ0n) is 12.6. The Morgan fingerprint density at radius 3 is 2.42 bits per heavy atom. The fraction of sp³-hybridized carbons (Fsp3) is 0.625. The van der Waals surface area contributed by atoms with Crippen LogP contribution < -0.4 is 10.5 Å². The Balaban J connectivity index is 2.22. The number of hydrogen-bond acceptors (Lipinski definition) is 3. The van der Waals surface area contributed by atoms with Crippen LogP contribution in [0.15, 0.2) is 24.3 Å². The molecule has 0 saturated carbocycles. The van der Waals surface area contributed by atoms with Gasteiger partial charge in [-0.05, 0) is 40.7 Å². The Morgan fingerprint density at radius 2 is 1.89 bits per heavy atom. The van der Waals surface area contributed by atoms with Gasteiger partial charge in [-0.1, -0.05) is 18.2 Å². The van der Waals surface area contributed by atoms with Crippen LogP contribution in [0.2, 0.25) is 0 Å². The van der Waals surface area contributed by atoms with Crippen LogP contribution in [0.5, 0.6) is 5.75 Å². The number of benzene rings is 1. The minimum atomic E-state index is -0.283. The average molecular weight is 263 g/mol. The standard InChI is InChI=1S/C16H25NO2/c1-11(17)12-8-6-7-9-13(12)18-14-10-15(2,3)19-16(14,4)5/h6-9,11,14H,10,17H2,1-5H3/t11-,14?/m1/s1. The molecule has 0 amide bonds. The van der Waals surface area contributed by atoms with Crippen molar-refractivity contribution in [2.24, 2.45) is 5.73 Å². The summed E-state index contributed by atoms with van der Waals surface area (Å²) in [5.41, 5.74) is 6.62. The van der Waals surface area contributed by atoms with Gasteiger partial charge in [0.2, 0.25) is 0 Å². The van der Waals surface area contributed by atoms with Gasteiger partial charge >= 0.3 is 0 Å². The van der Waals surface area contributed by atoms with Crippen LogP contribution in [-0.2, 0) is 4.74 Å². The highest BCUT2D eigenvalue weighted by Crippen LogP contribution is 2.40. The Kier molecular flexibility index (Phi) is 3.63. The first-order chi connectivity index (χ1) is 8.71. The zero-order valence-corrected chi connectivity index (χ0v) is 12.6. The fourth-order valence-corrected chi connectivity index (χ4v) is 2.81. The summed E-state index contributed by atoms with van der Waals surface area (Å²) in [6.45, 7) is 10.4. The molecule has 1 aliphatic rings. The highest BCUT2D eigenvalue weighted by atomic mass is 16.6. The van der Waals surface area contributed by atoms with Crippen LogP contribution >= 0.6 is 0 Å². The molecule has 3 heteroatoms. The summed E-state index contributed by atoms with van der Waals surface area (Å²) in [4.78, 5) is 0. The summed E-state index contributed by atoms with van der Waals surface area (Å²) >= 11 is 0. The van der Waals surface area contributed by atoms with Crippen LogP contribution in [0.25, 0.3) is 0 Å². The molecule has 0 aromatic heterocycles. The molecule has 1 heterocycles. The summed E-state index contributed by atoms with van der Waals surface area (Å²) in [5, 5.41) is 0. The average Bonchev–Trinajstić information content (AvgIpc) is 2.47. The molecule has 1 unspecified atom stereocenters. The van der Waals surface area contributed by atoms with E-state index in [1.807, 2.05) is 31.2 Å². The van der Waals surface area contributed by atoms with Gasteiger partial charge in [0.05, 0.1) is 5.60 Å². The van der Waals surface area contributed by atoms with Gasteiger partial charge in [-0.3, -0.25) is 0 Å². The molecule has 2 atom stereocenters. The lowest BCUT2D eigenvalue weighted by Crippen LogP contribution is -2.37. The van der Waals surface area contributed by atoms with Crippen molar-refractivity contribution in [3.63, 3.8) is 0 Å². The van der Waals surface area contributed by atoms with Crippen molar-refractivity contribution in [3.8, 4) is 5.75 Å². The van der Waals surface area contributed by atoms with Crippen molar-refractivity contribution in [2.75, 3.05) is 0 Å². The third kappa shape index (κ3) is 3.10. The maximum Gasteiger partial charge on any atom is 0.130 e. The lowest BCUT2D eigenvalue weighted by atomic mass is 9.97. The van der Waals surface area contributed by atoms with E-state index in [4.69, 9.17) is 15.2 Å². The van der Waals surface area contributed by atoms with Crippen molar-refractivity contribution in [3.05, 3.63) is 29.8 Å². The van der Waals surface area contributed by atoms with Gasteiger partial charge in [0.15, 0.2) is 0 Å². The monoisotopic (exact) mass is 263 g/mol. The number of hydrogen-bond donors (Lipinski definition) is 1. The van der Waals surface area contributed by atoms with Gasteiger partial charge < -0.3 is 15.2 Å². The molecule has 19 heavy (non-hydrogen) atoms. The Labute approximate surface area is 116 Å². The molecular weight excluding hydrogens is 238 g/mol. The Bertz CT molecular complexity index is 452. The molecule has 1 aromatic rings. The van der Waals surface area contributed by atoms with Crippen LogP contribution in [0, 0.1) is 0 Å². The number of rotatable bonds is 3. The van der Waals surface area contributed by atoms with Crippen LogP contribution in [0.4, 0.5) is 0 Å². The second-order valence-electron chi connectivity index (χ2n) is 6.60. The van der Waals surface area contributed by atoms with Crippen LogP contribution in [0.1, 0.15) is 52.6 Å². The van der Waals surface area contributed by atoms with Gasteiger partial charge in [0.25, 0.3) is 0 Å². The summed E-state index contributed by atoms with van der Waals surface area (Å²) in [7, 11) is 0. The summed E-state index contributed by atoms with van der Waals surface area (Å²) in [6.07, 6.45) is 0.926. The predicted molar refractivity (Wildman–Crippen MR) is 77.3 cm³/mol. The molecule has 2 rings (SSSR count). The second-order valence-corrected chi connectivity index (χ2v) is 6.60. The van der Waals surface area contributed by atoms with E-state index in [0.29, 0.717) is 0 Å². The summed E-state index contributed by atoms with van der Waals surface area (Å²) in [5.74, 6) is 0.872. The van der Waals surface area contributed by atoms with Gasteiger partial charge in [-0.25, -0.2) is 0 Å². The van der Waals surface area contributed by atoms with E-state index in [-0.39, 0.29) is 23.3 Å². The van der Waals surface area contributed by atoms with E-state index in [1.165, 1.54) is 0 Å². The smallest absolute Gasteiger partial charge is 0.130 e. The number of ether oxygens (including phenoxy) is 2. The zero-order chi connectivity index (χ0) is 14.3. The highest BCUT2D eigenvalue weighted by Gasteiger charge is 2.47. The summed E-state index contributed by atoms with van der Waals surface area (Å²) < 4.78 is 12.3. The summed E-state index contributed by atoms with van der Waals surface area (Å²) in [6, 6.07) is 7.95. The molecule has 106 valence electrons. The maximum absolute atomic E-state index is 6.21. The number of para-hydroxylation sites is 1. The second kappa shape index (κ2) is 4.80. The predicted octanol–water partition coefficient (Wildman–Crippen LogP) is 3.43. The lowest BCUT2D eigenvalue weighted by molar-refractivity contribution is -0.0847. The minimum absolute atomic E-state index is 0.0327. The molecule has 1 aliphatic heterocycles. The van der Waals surface area contributed by atoms with Crippen molar-refractivity contribution in [2.45, 2.75) is 64.4 Å². The lowest BCUT2D eigenvalue weighted by Gasteiger charge is -2.28. The molecule has 0 spiro atoms. The van der Waals surface area contributed by atoms with Gasteiger partial charge in [-0.15, -0.1) is 0 Å². The van der Waals surface area contributed by atoms with E-state index < -0.39 is 0 Å². The molecular formula is C16H25NO2. The fourth-order valence-electron chi connectivity index (χ4n) is 2.81. The maximum atomic E-state index is 6.21. The van der Waals surface area contributed by atoms with Crippen molar-refractivity contribution < 1.29 is 9.47 Å². The first kappa shape index (κ1) is 14.4. The molecule has 1 aromatic carbocycles. The first-order valence-corrected chi connectivity index (χ1v) is 6.93. The third-order valence-electron chi connectivity index (χ3n) is 3.67. The quantitative estimate of drug-likeness (QED) is 0.908. The van der Waals surface area contributed by atoms with E-state index in [0.717, 1.165) is 17.7 Å². The first-order valence-electron chi connectivity index (χ1n) is 6.93. The topological polar surface area (TPSA) is 44.5 Å². The van der Waals surface area contributed by atoms with Crippen LogP contribution in [-0.4, -0.2) is 17.3 Å². The molecule has 1 fully saturated rings. The highest BCUT2D eigenvalue weighted by molar-refractivity contribution is 5.35. The molecule has 0 bridgehead atoms. The Morgan fingerprint density at radius 1 is 1.26 bits per heavy atom. The van der Waals surface area contributed by atoms with Gasteiger partial charge in [0, 0.05) is 18.0 Å². The van der Waals surface area contributed by atoms with E-state index >= 15 is 0 Å². The molecule has 3 nitrogen and oxygen atoms in total. The van der Waals surface area contributed by atoms with Gasteiger partial charge in [-0.2, -0.15) is 0 Å². The molecule has 1 saturated heterocycles. The largest absolute Gasteiger partial charge is 0.487 e. The van der Waals surface area contributed by atoms with E-state index in [1.54, 1.807) is 0 Å². The molecule has 0 aliphatic carbocycles. The van der Waals surface area contributed by atoms with Crippen molar-refractivity contribution >= 4 is 0 Å². The molecule has 2 N–H and O–H groups in total. The van der Waals surface area contributed by atoms with E-state index in [9.17, 15) is 0 Å². The van der Waals surface area contributed by atoms with Crippen molar-refractivity contribution in [1.82, 2.24) is 0 Å².